The largest absolute Gasteiger partial charge is 0.330 e. The standard InChI is InChI=1S/C16H19N5O/c1-2-20-13(6-3-7-17)9-16(22)21-15(20)10-14(19-21)12-5-4-8-18-11-12/h4-5,8-11H,2-3,6-7,17H2,1H3. The number of aryl methyl sites for hydroxylation is 2. The maximum absolute atomic E-state index is 12.3. The van der Waals surface area contributed by atoms with Gasteiger partial charge in [0.05, 0.1) is 5.69 Å². The third kappa shape index (κ3) is 2.53. The van der Waals surface area contributed by atoms with E-state index in [4.69, 9.17) is 5.73 Å². The average molecular weight is 297 g/mol. The molecule has 0 saturated heterocycles. The molecule has 0 radical (unpaired) electrons. The van der Waals surface area contributed by atoms with Crippen molar-refractivity contribution in [1.29, 1.82) is 0 Å². The lowest BCUT2D eigenvalue weighted by molar-refractivity contribution is 0.669. The van der Waals surface area contributed by atoms with Crippen LogP contribution in [0.15, 0.2) is 41.5 Å². The summed E-state index contributed by atoms with van der Waals surface area (Å²) in [4.78, 5) is 16.4. The van der Waals surface area contributed by atoms with Gasteiger partial charge in [-0.3, -0.25) is 9.78 Å². The van der Waals surface area contributed by atoms with Crippen molar-refractivity contribution in [3.63, 3.8) is 0 Å². The summed E-state index contributed by atoms with van der Waals surface area (Å²) in [6, 6.07) is 7.39. The summed E-state index contributed by atoms with van der Waals surface area (Å²) in [5.41, 5.74) is 8.94. The van der Waals surface area contributed by atoms with E-state index in [0.29, 0.717) is 6.54 Å². The van der Waals surface area contributed by atoms with Crippen molar-refractivity contribution in [1.82, 2.24) is 19.2 Å². The zero-order chi connectivity index (χ0) is 15.5. The second-order valence-electron chi connectivity index (χ2n) is 5.15. The number of fused-ring (bicyclic) bond motifs is 1. The van der Waals surface area contributed by atoms with Crippen molar-refractivity contribution in [2.75, 3.05) is 6.54 Å². The van der Waals surface area contributed by atoms with E-state index in [0.717, 1.165) is 42.0 Å². The molecule has 6 heteroatoms. The van der Waals surface area contributed by atoms with Crippen LogP contribution in [0.4, 0.5) is 0 Å². The molecule has 0 spiro atoms. The average Bonchev–Trinajstić information content (AvgIpc) is 2.99. The molecule has 0 bridgehead atoms. The molecule has 0 aliphatic heterocycles. The summed E-state index contributed by atoms with van der Waals surface area (Å²) in [6.07, 6.45) is 5.12. The van der Waals surface area contributed by atoms with Gasteiger partial charge in [0.2, 0.25) is 0 Å². The van der Waals surface area contributed by atoms with Crippen molar-refractivity contribution in [2.45, 2.75) is 26.3 Å². The Morgan fingerprint density at radius 2 is 2.18 bits per heavy atom. The predicted molar refractivity (Wildman–Crippen MR) is 85.7 cm³/mol. The van der Waals surface area contributed by atoms with E-state index in [1.165, 1.54) is 4.52 Å². The van der Waals surface area contributed by atoms with Gasteiger partial charge in [0.15, 0.2) is 0 Å². The van der Waals surface area contributed by atoms with Crippen LogP contribution < -0.4 is 11.3 Å². The monoisotopic (exact) mass is 297 g/mol. The molecule has 0 aromatic carbocycles. The SMILES string of the molecule is CCn1c(CCCN)cc(=O)n2nc(-c3cccnc3)cc12. The Balaban J connectivity index is 2.18. The Morgan fingerprint density at radius 3 is 2.86 bits per heavy atom. The molecule has 3 aromatic heterocycles. The molecule has 3 rings (SSSR count). The highest BCUT2D eigenvalue weighted by molar-refractivity contribution is 5.63. The molecule has 3 heterocycles. The van der Waals surface area contributed by atoms with Gasteiger partial charge < -0.3 is 10.3 Å². The van der Waals surface area contributed by atoms with Gasteiger partial charge in [-0.15, -0.1) is 0 Å². The van der Waals surface area contributed by atoms with Crippen molar-refractivity contribution < 1.29 is 0 Å². The number of nitrogens with zero attached hydrogens (tertiary/aromatic N) is 4. The predicted octanol–water partition coefficient (Wildman–Crippen LogP) is 1.47. The number of aromatic nitrogens is 4. The van der Waals surface area contributed by atoms with E-state index >= 15 is 0 Å². The van der Waals surface area contributed by atoms with Crippen molar-refractivity contribution >= 4 is 5.65 Å². The molecule has 0 unspecified atom stereocenters. The third-order valence-electron chi connectivity index (χ3n) is 3.72. The molecule has 2 N–H and O–H groups in total. The van der Waals surface area contributed by atoms with Gasteiger partial charge in [0, 0.05) is 42.3 Å². The minimum atomic E-state index is -0.109. The molecule has 22 heavy (non-hydrogen) atoms. The topological polar surface area (TPSA) is 78.2 Å². The van der Waals surface area contributed by atoms with Gasteiger partial charge in [-0.2, -0.15) is 9.61 Å². The van der Waals surface area contributed by atoms with Crippen molar-refractivity contribution in [2.24, 2.45) is 5.73 Å². The molecule has 0 aliphatic rings. The lowest BCUT2D eigenvalue weighted by Gasteiger charge is -2.12. The normalized spacial score (nSPS) is 11.2. The molecule has 0 atom stereocenters. The van der Waals surface area contributed by atoms with Crippen LogP contribution >= 0.6 is 0 Å². The molecule has 3 aromatic rings. The summed E-state index contributed by atoms with van der Waals surface area (Å²) in [5, 5.41) is 4.43. The maximum Gasteiger partial charge on any atom is 0.274 e. The third-order valence-corrected chi connectivity index (χ3v) is 3.72. The molecule has 0 aliphatic carbocycles. The molecular formula is C16H19N5O. The molecular weight excluding hydrogens is 278 g/mol. The smallest absolute Gasteiger partial charge is 0.274 e. The zero-order valence-electron chi connectivity index (χ0n) is 12.6. The lowest BCUT2D eigenvalue weighted by atomic mass is 10.2. The molecule has 0 fully saturated rings. The van der Waals surface area contributed by atoms with Crippen LogP contribution in [0.25, 0.3) is 16.9 Å². The zero-order valence-corrected chi connectivity index (χ0v) is 12.6. The van der Waals surface area contributed by atoms with E-state index in [1.807, 2.05) is 18.2 Å². The second kappa shape index (κ2) is 6.11. The summed E-state index contributed by atoms with van der Waals surface area (Å²) in [5.74, 6) is 0. The first-order valence-electron chi connectivity index (χ1n) is 7.47. The fraction of sp³-hybridized carbons (Fsp3) is 0.312. The second-order valence-corrected chi connectivity index (χ2v) is 5.15. The Hall–Kier alpha value is -2.47. The highest BCUT2D eigenvalue weighted by Gasteiger charge is 2.12. The summed E-state index contributed by atoms with van der Waals surface area (Å²) >= 11 is 0. The van der Waals surface area contributed by atoms with E-state index in [9.17, 15) is 4.79 Å². The van der Waals surface area contributed by atoms with E-state index < -0.39 is 0 Å². The number of hydrogen-bond acceptors (Lipinski definition) is 4. The number of hydrogen-bond donors (Lipinski definition) is 1. The summed E-state index contributed by atoms with van der Waals surface area (Å²) in [6.45, 7) is 3.46. The Labute approximate surface area is 128 Å². The van der Waals surface area contributed by atoms with Crippen LogP contribution in [-0.2, 0) is 13.0 Å². The van der Waals surface area contributed by atoms with Crippen LogP contribution in [0.3, 0.4) is 0 Å². The van der Waals surface area contributed by atoms with Crippen LogP contribution in [-0.4, -0.2) is 25.7 Å². The quantitative estimate of drug-likeness (QED) is 0.773. The van der Waals surface area contributed by atoms with Gasteiger partial charge >= 0.3 is 0 Å². The molecule has 0 saturated carbocycles. The maximum atomic E-state index is 12.3. The Bertz CT molecular complexity index is 835. The first-order chi connectivity index (χ1) is 10.7. The van der Waals surface area contributed by atoms with Crippen LogP contribution in [0, 0.1) is 0 Å². The molecule has 6 nitrogen and oxygen atoms in total. The number of nitrogens with two attached hydrogens (primary N) is 1. The summed E-state index contributed by atoms with van der Waals surface area (Å²) < 4.78 is 3.57. The van der Waals surface area contributed by atoms with E-state index in [-0.39, 0.29) is 5.56 Å². The molecule has 0 amide bonds. The minimum Gasteiger partial charge on any atom is -0.330 e. The Morgan fingerprint density at radius 1 is 1.32 bits per heavy atom. The molecule has 114 valence electrons. The van der Waals surface area contributed by atoms with Crippen molar-refractivity contribution in [3.8, 4) is 11.3 Å². The van der Waals surface area contributed by atoms with Gasteiger partial charge in [-0.05, 0) is 38.4 Å². The fourth-order valence-electron chi connectivity index (χ4n) is 2.67. The number of rotatable bonds is 5. The highest BCUT2D eigenvalue weighted by Crippen LogP contribution is 2.18. The van der Waals surface area contributed by atoms with Gasteiger partial charge in [-0.25, -0.2) is 0 Å². The Kier molecular flexibility index (Phi) is 4.02. The minimum absolute atomic E-state index is 0.109. The van der Waals surface area contributed by atoms with Crippen molar-refractivity contribution in [3.05, 3.63) is 52.7 Å². The fourth-order valence-corrected chi connectivity index (χ4v) is 2.67. The summed E-state index contributed by atoms with van der Waals surface area (Å²) in [7, 11) is 0. The number of pyridine rings is 1. The van der Waals surface area contributed by atoms with Gasteiger partial charge in [0.1, 0.15) is 5.65 Å². The van der Waals surface area contributed by atoms with Gasteiger partial charge in [0.25, 0.3) is 5.56 Å². The van der Waals surface area contributed by atoms with Crippen LogP contribution in [0.2, 0.25) is 0 Å². The first-order valence-corrected chi connectivity index (χ1v) is 7.47. The van der Waals surface area contributed by atoms with E-state index in [1.54, 1.807) is 18.5 Å². The van der Waals surface area contributed by atoms with Crippen LogP contribution in [0.5, 0.6) is 0 Å². The van der Waals surface area contributed by atoms with E-state index in [2.05, 4.69) is 21.6 Å². The highest BCUT2D eigenvalue weighted by atomic mass is 16.1. The first kappa shape index (κ1) is 14.5. The van der Waals surface area contributed by atoms with Crippen LogP contribution in [0.1, 0.15) is 19.0 Å². The van der Waals surface area contributed by atoms with Gasteiger partial charge in [-0.1, -0.05) is 0 Å². The lowest BCUT2D eigenvalue weighted by Crippen LogP contribution is -2.21.